The molecule has 5 saturated carbocycles. The summed E-state index contributed by atoms with van der Waals surface area (Å²) < 4.78 is 0. The number of allylic oxidation sites excluding steroid dienone is 1. The molecule has 0 saturated heterocycles. The van der Waals surface area contributed by atoms with Crippen LogP contribution in [0.5, 0.6) is 0 Å². The molecule has 0 spiro atoms. The maximum Gasteiger partial charge on any atom is 0.126 e. The van der Waals surface area contributed by atoms with Gasteiger partial charge in [-0.1, -0.05) is 53.2 Å². The minimum absolute atomic E-state index is 0.0752. The van der Waals surface area contributed by atoms with Gasteiger partial charge in [0.25, 0.3) is 0 Å². The van der Waals surface area contributed by atoms with Gasteiger partial charge >= 0.3 is 0 Å². The van der Waals surface area contributed by atoms with Gasteiger partial charge in [-0.05, 0) is 122 Å². The first-order valence-electron chi connectivity index (χ1n) is 13.6. The summed E-state index contributed by atoms with van der Waals surface area (Å²) in [5.74, 6) is 3.42. The fourth-order valence-electron chi connectivity index (χ4n) is 11.7. The summed E-state index contributed by atoms with van der Waals surface area (Å²) in [5.41, 5.74) is 2.94. The van der Waals surface area contributed by atoms with Crippen LogP contribution in [0.1, 0.15) is 112 Å². The molecule has 0 aromatic carbocycles. The molecule has 0 aromatic heterocycles. The highest BCUT2D eigenvalue weighted by molar-refractivity contribution is 5.63. The molecule has 0 heterocycles. The third-order valence-corrected chi connectivity index (χ3v) is 13.2. The van der Waals surface area contributed by atoms with E-state index in [0.29, 0.717) is 39.4 Å². The van der Waals surface area contributed by atoms with Crippen LogP contribution in [0.4, 0.5) is 0 Å². The lowest BCUT2D eigenvalue weighted by Gasteiger charge is -2.72. The Hall–Kier alpha value is -0.590. The van der Waals surface area contributed by atoms with Crippen molar-refractivity contribution in [3.8, 4) is 0 Å². The highest BCUT2D eigenvalue weighted by atomic mass is 16.1. The Kier molecular flexibility index (Phi) is 4.82. The Morgan fingerprint density at radius 1 is 0.774 bits per heavy atom. The van der Waals surface area contributed by atoms with E-state index >= 15 is 0 Å². The standard InChI is InChI=1S/C30H48O/c1-20(2)21-11-18-30(19-31)22(21)12-16-29(7)25(30)10-9-24-27(5)15-8-14-26(3,4)23(27)13-17-28(24,29)6/h19,21-25H,1,8-18H2,2-7H3/t21-,22+,23?,24?,25+,27+,28-,29-,30-/m1/s1. The van der Waals surface area contributed by atoms with Gasteiger partial charge in [0.2, 0.25) is 0 Å². The van der Waals surface area contributed by atoms with Crippen LogP contribution in [0.25, 0.3) is 0 Å². The topological polar surface area (TPSA) is 17.1 Å². The summed E-state index contributed by atoms with van der Waals surface area (Å²) >= 11 is 0. The molecule has 1 nitrogen and oxygen atoms in total. The molecule has 5 aliphatic rings. The third kappa shape index (κ3) is 2.59. The van der Waals surface area contributed by atoms with E-state index in [1.54, 1.807) is 0 Å². The molecule has 0 N–H and O–H groups in total. The van der Waals surface area contributed by atoms with E-state index < -0.39 is 0 Å². The fraction of sp³-hybridized carbons (Fsp3) is 0.900. The molecule has 5 aliphatic carbocycles. The maximum atomic E-state index is 12.9. The number of carbonyl (C=O) groups excluding carboxylic acids is 1. The Balaban J connectivity index is 1.55. The lowest BCUT2D eigenvalue weighted by molar-refractivity contribution is -0.238. The number of hydrogen-bond acceptors (Lipinski definition) is 1. The quantitative estimate of drug-likeness (QED) is 0.322. The van der Waals surface area contributed by atoms with Crippen molar-refractivity contribution in [2.24, 2.45) is 56.7 Å². The van der Waals surface area contributed by atoms with E-state index in [1.165, 1.54) is 76.1 Å². The Labute approximate surface area is 192 Å². The van der Waals surface area contributed by atoms with Gasteiger partial charge in [-0.3, -0.25) is 0 Å². The van der Waals surface area contributed by atoms with Crippen LogP contribution in [0.15, 0.2) is 12.2 Å². The van der Waals surface area contributed by atoms with Crippen LogP contribution in [-0.2, 0) is 4.79 Å². The van der Waals surface area contributed by atoms with E-state index in [1.807, 2.05) is 0 Å². The van der Waals surface area contributed by atoms with Gasteiger partial charge in [0, 0.05) is 5.41 Å². The van der Waals surface area contributed by atoms with Gasteiger partial charge < -0.3 is 4.79 Å². The first-order chi connectivity index (χ1) is 14.5. The second-order valence-electron chi connectivity index (χ2n) is 14.3. The second kappa shape index (κ2) is 6.73. The van der Waals surface area contributed by atoms with Crippen molar-refractivity contribution in [2.75, 3.05) is 0 Å². The van der Waals surface area contributed by atoms with E-state index in [0.717, 1.165) is 18.3 Å². The number of carbonyl (C=O) groups is 1. The number of aldehydes is 1. The largest absolute Gasteiger partial charge is 0.303 e. The lowest BCUT2D eigenvalue weighted by Crippen LogP contribution is -2.66. The van der Waals surface area contributed by atoms with E-state index in [4.69, 9.17) is 0 Å². The predicted molar refractivity (Wildman–Crippen MR) is 130 cm³/mol. The predicted octanol–water partition coefficient (Wildman–Crippen LogP) is 8.23. The van der Waals surface area contributed by atoms with Gasteiger partial charge in [-0.25, -0.2) is 0 Å². The summed E-state index contributed by atoms with van der Waals surface area (Å²) in [6.45, 7) is 19.7. The smallest absolute Gasteiger partial charge is 0.126 e. The first kappa shape index (κ1) is 22.2. The molecule has 9 atom stereocenters. The molecule has 1 heteroatoms. The molecule has 0 bridgehead atoms. The Morgan fingerprint density at radius 3 is 2.10 bits per heavy atom. The van der Waals surface area contributed by atoms with Crippen molar-refractivity contribution < 1.29 is 4.79 Å². The molecule has 0 aliphatic heterocycles. The lowest BCUT2D eigenvalue weighted by atomic mass is 9.32. The second-order valence-corrected chi connectivity index (χ2v) is 14.3. The van der Waals surface area contributed by atoms with Crippen molar-refractivity contribution in [1.82, 2.24) is 0 Å². The van der Waals surface area contributed by atoms with E-state index in [2.05, 4.69) is 48.1 Å². The zero-order valence-corrected chi connectivity index (χ0v) is 21.4. The van der Waals surface area contributed by atoms with Crippen LogP contribution in [0.2, 0.25) is 0 Å². The summed E-state index contributed by atoms with van der Waals surface area (Å²) in [7, 11) is 0. The summed E-state index contributed by atoms with van der Waals surface area (Å²) in [6, 6.07) is 0. The van der Waals surface area contributed by atoms with Crippen molar-refractivity contribution in [3.63, 3.8) is 0 Å². The average Bonchev–Trinajstić information content (AvgIpc) is 3.08. The monoisotopic (exact) mass is 424 g/mol. The summed E-state index contributed by atoms with van der Waals surface area (Å²) in [6.07, 6.45) is 16.1. The van der Waals surface area contributed by atoms with Gasteiger partial charge in [-0.15, -0.1) is 0 Å². The van der Waals surface area contributed by atoms with Crippen LogP contribution >= 0.6 is 0 Å². The highest BCUT2D eigenvalue weighted by Crippen LogP contribution is 2.77. The summed E-state index contributed by atoms with van der Waals surface area (Å²) in [5, 5.41) is 0. The van der Waals surface area contributed by atoms with Gasteiger partial charge in [0.1, 0.15) is 6.29 Å². The zero-order chi connectivity index (χ0) is 22.4. The molecule has 5 rings (SSSR count). The number of hydrogen-bond donors (Lipinski definition) is 0. The minimum atomic E-state index is -0.0752. The van der Waals surface area contributed by atoms with E-state index in [9.17, 15) is 4.79 Å². The Bertz CT molecular complexity index is 779. The molecule has 0 aromatic rings. The van der Waals surface area contributed by atoms with Gasteiger partial charge in [0.15, 0.2) is 0 Å². The zero-order valence-electron chi connectivity index (χ0n) is 21.4. The van der Waals surface area contributed by atoms with Gasteiger partial charge in [-0.2, -0.15) is 0 Å². The molecular formula is C30H48O. The van der Waals surface area contributed by atoms with Crippen LogP contribution < -0.4 is 0 Å². The molecule has 2 unspecified atom stereocenters. The molecule has 5 fully saturated rings. The van der Waals surface area contributed by atoms with Crippen LogP contribution in [0.3, 0.4) is 0 Å². The molecule has 31 heavy (non-hydrogen) atoms. The average molecular weight is 425 g/mol. The normalized spacial score (nSPS) is 55.4. The van der Waals surface area contributed by atoms with Crippen molar-refractivity contribution >= 4 is 6.29 Å². The van der Waals surface area contributed by atoms with Crippen molar-refractivity contribution in [3.05, 3.63) is 12.2 Å². The minimum Gasteiger partial charge on any atom is -0.303 e. The van der Waals surface area contributed by atoms with Crippen LogP contribution in [0, 0.1) is 56.7 Å². The van der Waals surface area contributed by atoms with Crippen LogP contribution in [-0.4, -0.2) is 6.29 Å². The third-order valence-electron chi connectivity index (χ3n) is 13.2. The van der Waals surface area contributed by atoms with E-state index in [-0.39, 0.29) is 5.41 Å². The number of rotatable bonds is 2. The summed E-state index contributed by atoms with van der Waals surface area (Å²) in [4.78, 5) is 12.9. The SMILES string of the molecule is C=C(C)[C@H]1CC[C@]2(C=O)[C@H]3CCC4[C@@]5(C)CCCC(C)(C)C5CC[C@@]4(C)[C@]3(C)CC[C@@H]12. The van der Waals surface area contributed by atoms with Crippen molar-refractivity contribution in [2.45, 2.75) is 112 Å². The maximum absolute atomic E-state index is 12.9. The molecule has 0 amide bonds. The Morgan fingerprint density at radius 2 is 1.42 bits per heavy atom. The molecular weight excluding hydrogens is 376 g/mol. The first-order valence-corrected chi connectivity index (χ1v) is 13.6. The number of fused-ring (bicyclic) bond motifs is 7. The fourth-order valence-corrected chi connectivity index (χ4v) is 11.7. The van der Waals surface area contributed by atoms with Gasteiger partial charge in [0.05, 0.1) is 0 Å². The highest BCUT2D eigenvalue weighted by Gasteiger charge is 2.71. The molecule has 0 radical (unpaired) electrons. The molecule has 174 valence electrons. The van der Waals surface area contributed by atoms with Crippen molar-refractivity contribution in [1.29, 1.82) is 0 Å².